The lowest BCUT2D eigenvalue weighted by molar-refractivity contribution is -0.112. The van der Waals surface area contributed by atoms with Crippen molar-refractivity contribution in [3.05, 3.63) is 60.8 Å². The Morgan fingerprint density at radius 2 is 1.69 bits per heavy atom. The molecule has 1 aromatic heterocycles. The summed E-state index contributed by atoms with van der Waals surface area (Å²) in [5.74, 6) is 0.845. The van der Waals surface area contributed by atoms with Crippen molar-refractivity contribution in [2.24, 2.45) is 0 Å². The normalized spacial score (nSPS) is 11.0. The van der Waals surface area contributed by atoms with Gasteiger partial charge in [0, 0.05) is 59.7 Å². The molecule has 0 bridgehead atoms. The lowest BCUT2D eigenvalue weighted by Crippen LogP contribution is -2.29. The van der Waals surface area contributed by atoms with Crippen LogP contribution in [0.1, 0.15) is 0 Å². The highest BCUT2D eigenvalue weighted by atomic mass is 16.5. The van der Waals surface area contributed by atoms with Crippen LogP contribution in [-0.4, -0.2) is 96.3 Å². The Bertz CT molecular complexity index is 1380. The number of nitrogens with zero attached hydrogens (tertiary/aromatic N) is 6. The number of nitrogens with one attached hydrogen (secondary N) is 2. The molecular formula is C30H40N8O4. The molecule has 0 saturated heterocycles. The van der Waals surface area contributed by atoms with Crippen LogP contribution in [0.3, 0.4) is 0 Å². The third-order valence-electron chi connectivity index (χ3n) is 6.26. The highest BCUT2D eigenvalue weighted by Gasteiger charge is 2.19. The van der Waals surface area contributed by atoms with Crippen molar-refractivity contribution in [1.82, 2.24) is 14.9 Å². The number of ether oxygens (including phenoxy) is 2. The summed E-state index contributed by atoms with van der Waals surface area (Å²) >= 11 is 0. The van der Waals surface area contributed by atoms with Gasteiger partial charge in [-0.2, -0.15) is 4.98 Å². The number of carbonyl (C=O) groups is 2. The fourth-order valence-electron chi connectivity index (χ4n) is 4.09. The number of likely N-dealkylation sites (N-methyl/N-ethyl adjacent to an activating group) is 2. The largest absolute Gasteiger partial charge is 0.494 e. The Morgan fingerprint density at radius 1 is 0.952 bits per heavy atom. The average molecular weight is 577 g/mol. The number of rotatable bonds is 15. The second-order valence-electron chi connectivity index (χ2n) is 9.86. The van der Waals surface area contributed by atoms with E-state index in [0.717, 1.165) is 24.3 Å². The lowest BCUT2D eigenvalue weighted by Gasteiger charge is -2.26. The Hall–Kier alpha value is -4.68. The predicted octanol–water partition coefficient (Wildman–Crippen LogP) is 3.73. The van der Waals surface area contributed by atoms with Gasteiger partial charge in [-0.15, -0.1) is 0 Å². The van der Waals surface area contributed by atoms with Crippen LogP contribution >= 0.6 is 0 Å². The standard InChI is InChI=1S/C30H40N8O4/c1-35(2)16-17-37(5)26-20-27(42-7)23(19-22(26)32-29(40)13-10-18-41-6)33-30-31-15-14-28(34-30)38(21-39)25-12-9-8-11-24(25)36(3)4/h8-15,19-21H,16-18H2,1-7H3,(H,32,40)(H,31,33,34)/b13-10+. The molecule has 0 unspecified atom stereocenters. The van der Waals surface area contributed by atoms with E-state index >= 15 is 0 Å². The molecule has 0 spiro atoms. The number of anilines is 7. The van der Waals surface area contributed by atoms with Gasteiger partial charge in [-0.3, -0.25) is 14.5 Å². The second kappa shape index (κ2) is 15.4. The summed E-state index contributed by atoms with van der Waals surface area (Å²) in [6.07, 6.45) is 5.35. The zero-order valence-electron chi connectivity index (χ0n) is 25.3. The number of benzene rings is 2. The minimum Gasteiger partial charge on any atom is -0.494 e. The summed E-state index contributed by atoms with van der Waals surface area (Å²) in [5, 5.41) is 6.16. The third kappa shape index (κ3) is 8.41. The first kappa shape index (κ1) is 31.8. The van der Waals surface area contributed by atoms with Gasteiger partial charge in [-0.1, -0.05) is 18.2 Å². The monoisotopic (exact) mass is 576 g/mol. The van der Waals surface area contributed by atoms with E-state index in [9.17, 15) is 9.59 Å². The maximum absolute atomic E-state index is 12.7. The van der Waals surface area contributed by atoms with Crippen LogP contribution in [-0.2, 0) is 14.3 Å². The summed E-state index contributed by atoms with van der Waals surface area (Å²) in [5.41, 5.74) is 3.40. The van der Waals surface area contributed by atoms with Crippen LogP contribution in [0.2, 0.25) is 0 Å². The number of amides is 2. The Morgan fingerprint density at radius 3 is 2.33 bits per heavy atom. The number of methoxy groups -OCH3 is 2. The predicted molar refractivity (Wildman–Crippen MR) is 169 cm³/mol. The molecule has 0 aliphatic carbocycles. The number of para-hydroxylation sites is 2. The lowest BCUT2D eigenvalue weighted by atomic mass is 10.2. The quantitative estimate of drug-likeness (QED) is 0.205. The number of carbonyl (C=O) groups excluding carboxylic acids is 2. The topological polar surface area (TPSA) is 115 Å². The van der Waals surface area contributed by atoms with Gasteiger partial charge >= 0.3 is 0 Å². The highest BCUT2D eigenvalue weighted by Crippen LogP contribution is 2.38. The van der Waals surface area contributed by atoms with Crippen LogP contribution in [0.5, 0.6) is 5.75 Å². The van der Waals surface area contributed by atoms with Crippen molar-refractivity contribution >= 4 is 52.5 Å². The molecule has 0 aliphatic heterocycles. The molecule has 2 aromatic carbocycles. The van der Waals surface area contributed by atoms with E-state index in [1.54, 1.807) is 38.6 Å². The maximum atomic E-state index is 12.7. The van der Waals surface area contributed by atoms with Gasteiger partial charge in [-0.25, -0.2) is 4.98 Å². The van der Waals surface area contributed by atoms with Crippen molar-refractivity contribution in [3.63, 3.8) is 0 Å². The smallest absolute Gasteiger partial charge is 0.248 e. The summed E-state index contributed by atoms with van der Waals surface area (Å²) in [4.78, 5) is 41.4. The van der Waals surface area contributed by atoms with Crippen LogP contribution in [0.15, 0.2) is 60.8 Å². The highest BCUT2D eigenvalue weighted by molar-refractivity contribution is 6.02. The molecule has 2 N–H and O–H groups in total. The maximum Gasteiger partial charge on any atom is 0.248 e. The van der Waals surface area contributed by atoms with E-state index in [-0.39, 0.29) is 11.9 Å². The van der Waals surface area contributed by atoms with Crippen LogP contribution in [0.4, 0.5) is 40.2 Å². The van der Waals surface area contributed by atoms with Crippen molar-refractivity contribution in [3.8, 4) is 5.75 Å². The van der Waals surface area contributed by atoms with Gasteiger partial charge in [0.1, 0.15) is 11.6 Å². The molecule has 0 saturated carbocycles. The molecule has 42 heavy (non-hydrogen) atoms. The van der Waals surface area contributed by atoms with E-state index in [1.807, 2.05) is 75.4 Å². The molecule has 1 heterocycles. The Kier molecular flexibility index (Phi) is 11.6. The summed E-state index contributed by atoms with van der Waals surface area (Å²) in [7, 11) is 12.9. The van der Waals surface area contributed by atoms with Crippen molar-refractivity contribution in [1.29, 1.82) is 0 Å². The van der Waals surface area contributed by atoms with E-state index in [1.165, 1.54) is 11.0 Å². The van der Waals surface area contributed by atoms with Crippen molar-refractivity contribution in [2.75, 3.05) is 94.5 Å². The van der Waals surface area contributed by atoms with Gasteiger partial charge in [0.05, 0.1) is 42.2 Å². The zero-order valence-corrected chi connectivity index (χ0v) is 25.3. The first-order chi connectivity index (χ1) is 20.2. The molecule has 12 nitrogen and oxygen atoms in total. The molecule has 12 heteroatoms. The summed E-state index contributed by atoms with van der Waals surface area (Å²) in [6, 6.07) is 12.8. The van der Waals surface area contributed by atoms with Gasteiger partial charge in [0.25, 0.3) is 0 Å². The van der Waals surface area contributed by atoms with Crippen LogP contribution in [0, 0.1) is 0 Å². The van der Waals surface area contributed by atoms with Gasteiger partial charge < -0.3 is 34.8 Å². The SMILES string of the molecule is COC/C=C/C(=O)Nc1cc(Nc2nccc(N(C=O)c3ccccc3N(C)C)n2)c(OC)cc1N(C)CCN(C)C. The first-order valence-corrected chi connectivity index (χ1v) is 13.3. The van der Waals surface area contributed by atoms with Gasteiger partial charge in [-0.05, 0) is 38.4 Å². The molecule has 0 radical (unpaired) electrons. The molecule has 224 valence electrons. The van der Waals surface area contributed by atoms with E-state index in [4.69, 9.17) is 9.47 Å². The van der Waals surface area contributed by atoms with Crippen molar-refractivity contribution in [2.45, 2.75) is 0 Å². The summed E-state index contributed by atoms with van der Waals surface area (Å²) in [6.45, 7) is 1.85. The van der Waals surface area contributed by atoms with E-state index < -0.39 is 0 Å². The minimum absolute atomic E-state index is 0.242. The van der Waals surface area contributed by atoms with Crippen molar-refractivity contribution < 1.29 is 19.1 Å². The molecule has 3 aromatic rings. The van der Waals surface area contributed by atoms with E-state index in [2.05, 4.69) is 25.5 Å². The second-order valence-corrected chi connectivity index (χ2v) is 9.86. The number of hydrogen-bond acceptors (Lipinski definition) is 10. The van der Waals surface area contributed by atoms with Crippen LogP contribution in [0.25, 0.3) is 0 Å². The average Bonchev–Trinajstić information content (AvgIpc) is 2.97. The first-order valence-electron chi connectivity index (χ1n) is 13.3. The van der Waals surface area contributed by atoms with Crippen LogP contribution < -0.4 is 30.1 Å². The third-order valence-corrected chi connectivity index (χ3v) is 6.26. The minimum atomic E-state index is -0.301. The molecule has 2 amide bonds. The number of hydrogen-bond donors (Lipinski definition) is 2. The number of aromatic nitrogens is 2. The molecular weight excluding hydrogens is 536 g/mol. The Balaban J connectivity index is 2.00. The fourth-order valence-corrected chi connectivity index (χ4v) is 4.09. The molecule has 0 aliphatic rings. The van der Waals surface area contributed by atoms with Gasteiger partial charge in [0.2, 0.25) is 18.3 Å². The molecule has 0 fully saturated rings. The van der Waals surface area contributed by atoms with Gasteiger partial charge in [0.15, 0.2) is 0 Å². The fraction of sp³-hybridized carbons (Fsp3) is 0.333. The molecule has 3 rings (SSSR count). The summed E-state index contributed by atoms with van der Waals surface area (Å²) < 4.78 is 10.7. The zero-order chi connectivity index (χ0) is 30.6. The van der Waals surface area contributed by atoms with E-state index in [0.29, 0.717) is 41.8 Å². The molecule has 0 atom stereocenters. The Labute approximate surface area is 247 Å².